The highest BCUT2D eigenvalue weighted by Gasteiger charge is 2.41. The molecule has 1 saturated heterocycles. The van der Waals surface area contributed by atoms with E-state index in [1.165, 1.54) is 5.56 Å². The Balaban J connectivity index is 2.27. The molecule has 5 heteroatoms. The molecule has 2 atom stereocenters. The van der Waals surface area contributed by atoms with Gasteiger partial charge in [-0.2, -0.15) is 0 Å². The maximum atomic E-state index is 12.2. The van der Waals surface area contributed by atoms with E-state index in [1.54, 1.807) is 0 Å². The summed E-state index contributed by atoms with van der Waals surface area (Å²) in [6.45, 7) is 8.33. The number of hydrogen-bond acceptors (Lipinski definition) is 4. The molecule has 1 heterocycles. The quantitative estimate of drug-likeness (QED) is 0.829. The molecule has 2 unspecified atom stereocenters. The van der Waals surface area contributed by atoms with Gasteiger partial charge in [0.2, 0.25) is 5.91 Å². The van der Waals surface area contributed by atoms with Crippen molar-refractivity contribution in [1.29, 1.82) is 0 Å². The van der Waals surface area contributed by atoms with Gasteiger partial charge in [-0.3, -0.25) is 14.9 Å². The Morgan fingerprint density at radius 1 is 1.27 bits per heavy atom. The maximum absolute atomic E-state index is 12.2. The van der Waals surface area contributed by atoms with Gasteiger partial charge in [-0.25, -0.2) is 0 Å². The number of nitrogens with two attached hydrogens (primary N) is 1. The van der Waals surface area contributed by atoms with Gasteiger partial charge >= 0.3 is 5.97 Å². The van der Waals surface area contributed by atoms with Crippen LogP contribution in [0.4, 0.5) is 0 Å². The first kappa shape index (κ1) is 16.5. The minimum atomic E-state index is -0.740. The minimum Gasteiger partial charge on any atom is -0.457 e. The molecular weight excluding hydrogens is 280 g/mol. The molecule has 1 fully saturated rings. The second-order valence-corrected chi connectivity index (χ2v) is 6.74. The molecule has 3 N–H and O–H groups in total. The van der Waals surface area contributed by atoms with Gasteiger partial charge in [-0.05, 0) is 30.9 Å². The highest BCUT2D eigenvalue weighted by atomic mass is 16.6. The van der Waals surface area contributed by atoms with E-state index >= 15 is 0 Å². The molecule has 22 heavy (non-hydrogen) atoms. The molecule has 0 aromatic heterocycles. The average molecular weight is 304 g/mol. The van der Waals surface area contributed by atoms with Crippen LogP contribution in [0.3, 0.4) is 0 Å². The number of rotatable bonds is 4. The predicted molar refractivity (Wildman–Crippen MR) is 84.4 cm³/mol. The first-order chi connectivity index (χ1) is 10.2. The number of nitrogens with one attached hydrogen (secondary N) is 1. The third-order valence-corrected chi connectivity index (χ3v) is 3.98. The molecule has 0 spiro atoms. The molecule has 0 aliphatic carbocycles. The lowest BCUT2D eigenvalue weighted by Crippen LogP contribution is -2.58. The number of carbonyl (C=O) groups excluding carboxylic acids is 2. The molecule has 0 bridgehead atoms. The van der Waals surface area contributed by atoms with E-state index < -0.39 is 29.4 Å². The van der Waals surface area contributed by atoms with Gasteiger partial charge in [-0.15, -0.1) is 0 Å². The van der Waals surface area contributed by atoms with Crippen molar-refractivity contribution in [3.05, 3.63) is 35.4 Å². The largest absolute Gasteiger partial charge is 0.457 e. The zero-order chi connectivity index (χ0) is 16.5. The Labute approximate surface area is 131 Å². The molecule has 1 aromatic carbocycles. The summed E-state index contributed by atoms with van der Waals surface area (Å²) in [5, 5.41) is 3.10. The first-order valence-corrected chi connectivity index (χ1v) is 7.57. The summed E-state index contributed by atoms with van der Waals surface area (Å²) < 4.78 is 5.39. The number of esters is 1. The summed E-state index contributed by atoms with van der Waals surface area (Å²) in [5.41, 5.74) is 6.87. The Bertz CT molecular complexity index is 564. The van der Waals surface area contributed by atoms with Crippen LogP contribution in [0.2, 0.25) is 0 Å². The van der Waals surface area contributed by atoms with Gasteiger partial charge in [0, 0.05) is 6.54 Å². The van der Waals surface area contributed by atoms with Crippen LogP contribution in [0.5, 0.6) is 0 Å². The predicted octanol–water partition coefficient (Wildman–Crippen LogP) is 1.67. The number of carbonyl (C=O) groups is 2. The lowest BCUT2D eigenvalue weighted by molar-refractivity contribution is -0.167. The number of ether oxygens (including phenoxy) is 1. The van der Waals surface area contributed by atoms with Crippen LogP contribution >= 0.6 is 0 Å². The summed E-state index contributed by atoms with van der Waals surface area (Å²) in [6.07, 6.45) is 0. The molecule has 1 aliphatic rings. The monoisotopic (exact) mass is 304 g/mol. The van der Waals surface area contributed by atoms with Crippen molar-refractivity contribution in [1.82, 2.24) is 5.32 Å². The molecule has 120 valence electrons. The molecule has 5 nitrogen and oxygen atoms in total. The topological polar surface area (TPSA) is 81.4 Å². The Morgan fingerprint density at radius 3 is 2.27 bits per heavy atom. The molecule has 1 aromatic rings. The first-order valence-electron chi connectivity index (χ1n) is 7.57. The van der Waals surface area contributed by atoms with Gasteiger partial charge in [0.05, 0.1) is 5.92 Å². The van der Waals surface area contributed by atoms with E-state index in [0.29, 0.717) is 12.5 Å². The van der Waals surface area contributed by atoms with E-state index in [4.69, 9.17) is 10.5 Å². The van der Waals surface area contributed by atoms with Crippen LogP contribution in [-0.2, 0) is 14.3 Å². The van der Waals surface area contributed by atoms with Crippen molar-refractivity contribution in [2.75, 3.05) is 6.54 Å². The van der Waals surface area contributed by atoms with E-state index in [9.17, 15) is 9.59 Å². The summed E-state index contributed by atoms with van der Waals surface area (Å²) in [5.74, 6) is -1.30. The Hall–Kier alpha value is -1.88. The Kier molecular flexibility index (Phi) is 4.56. The van der Waals surface area contributed by atoms with Crippen molar-refractivity contribution >= 4 is 11.9 Å². The third-order valence-electron chi connectivity index (χ3n) is 3.98. The normalized spacial score (nSPS) is 22.2. The second-order valence-electron chi connectivity index (χ2n) is 6.74. The molecule has 1 aliphatic heterocycles. The van der Waals surface area contributed by atoms with Gasteiger partial charge in [-0.1, -0.05) is 38.1 Å². The maximum Gasteiger partial charge on any atom is 0.324 e. The second kappa shape index (κ2) is 6.08. The lowest BCUT2D eigenvalue weighted by Gasteiger charge is -2.37. The van der Waals surface area contributed by atoms with Gasteiger partial charge in [0.15, 0.2) is 0 Å². The van der Waals surface area contributed by atoms with E-state index in [0.717, 1.165) is 5.56 Å². The summed E-state index contributed by atoms with van der Waals surface area (Å²) >= 11 is 0. The van der Waals surface area contributed by atoms with Crippen LogP contribution in [0.25, 0.3) is 0 Å². The molecule has 2 rings (SSSR count). The SMILES string of the molecule is CC(C)c1ccc(C(C(N)=O)C2NCC(C)(C)OC2=O)cc1. The van der Waals surface area contributed by atoms with Crippen LogP contribution in [0.15, 0.2) is 24.3 Å². The van der Waals surface area contributed by atoms with Crippen molar-refractivity contribution in [2.24, 2.45) is 5.73 Å². The minimum absolute atomic E-state index is 0.402. The van der Waals surface area contributed by atoms with Crippen molar-refractivity contribution in [3.8, 4) is 0 Å². The number of benzene rings is 1. The number of amides is 1. The van der Waals surface area contributed by atoms with E-state index in [-0.39, 0.29) is 0 Å². The number of primary amides is 1. The highest BCUT2D eigenvalue weighted by Crippen LogP contribution is 2.27. The fraction of sp³-hybridized carbons (Fsp3) is 0.529. The molecule has 0 saturated carbocycles. The van der Waals surface area contributed by atoms with Crippen molar-refractivity contribution < 1.29 is 14.3 Å². The zero-order valence-corrected chi connectivity index (χ0v) is 13.6. The van der Waals surface area contributed by atoms with Gasteiger partial charge in [0.25, 0.3) is 0 Å². The fourth-order valence-electron chi connectivity index (χ4n) is 2.67. The van der Waals surface area contributed by atoms with Crippen LogP contribution in [0, 0.1) is 0 Å². The smallest absolute Gasteiger partial charge is 0.324 e. The lowest BCUT2D eigenvalue weighted by atomic mass is 9.87. The van der Waals surface area contributed by atoms with Gasteiger partial charge in [0.1, 0.15) is 11.6 Å². The van der Waals surface area contributed by atoms with Crippen LogP contribution in [0.1, 0.15) is 50.7 Å². The van der Waals surface area contributed by atoms with Crippen LogP contribution < -0.4 is 11.1 Å². The highest BCUT2D eigenvalue weighted by molar-refractivity contribution is 5.91. The van der Waals surface area contributed by atoms with Crippen molar-refractivity contribution in [3.63, 3.8) is 0 Å². The fourth-order valence-corrected chi connectivity index (χ4v) is 2.67. The van der Waals surface area contributed by atoms with Crippen LogP contribution in [-0.4, -0.2) is 30.1 Å². The number of cyclic esters (lactones) is 1. The molecule has 0 radical (unpaired) electrons. The molecular formula is C17H24N2O3. The van der Waals surface area contributed by atoms with E-state index in [2.05, 4.69) is 19.2 Å². The zero-order valence-electron chi connectivity index (χ0n) is 13.6. The average Bonchev–Trinajstić information content (AvgIpc) is 2.41. The summed E-state index contributed by atoms with van der Waals surface area (Å²) in [7, 11) is 0. The number of hydrogen-bond donors (Lipinski definition) is 2. The van der Waals surface area contributed by atoms with Gasteiger partial charge < -0.3 is 10.5 Å². The standard InChI is InChI=1S/C17H24N2O3/c1-10(2)11-5-7-12(8-6-11)13(15(18)20)14-16(21)22-17(3,4)9-19-14/h5-8,10,13-14,19H,9H2,1-4H3,(H2,18,20). The molecule has 1 amide bonds. The third kappa shape index (κ3) is 3.47. The Morgan fingerprint density at radius 2 is 1.82 bits per heavy atom. The van der Waals surface area contributed by atoms with E-state index in [1.807, 2.05) is 38.1 Å². The number of morpholine rings is 1. The summed E-state index contributed by atoms with van der Waals surface area (Å²) in [6, 6.07) is 6.91. The summed E-state index contributed by atoms with van der Waals surface area (Å²) in [4.78, 5) is 24.1. The van der Waals surface area contributed by atoms with Crippen molar-refractivity contribution in [2.45, 2.75) is 51.2 Å².